The second-order valence-electron chi connectivity index (χ2n) is 3.27. The Morgan fingerprint density at radius 1 is 1.28 bits per heavy atom. The summed E-state index contributed by atoms with van der Waals surface area (Å²) < 4.78 is 4.97. The molecule has 2 aromatic rings. The number of esters is 1. The summed E-state index contributed by atoms with van der Waals surface area (Å²) in [6.07, 6.45) is 3.88. The zero-order valence-electron chi connectivity index (χ0n) is 9.02. The number of nitro benzene ring substituents is 1. The van der Waals surface area contributed by atoms with E-state index < -0.39 is 10.9 Å². The minimum Gasteiger partial charge on any atom is -0.423 e. The summed E-state index contributed by atoms with van der Waals surface area (Å²) in [5, 5.41) is 10.6. The van der Waals surface area contributed by atoms with Gasteiger partial charge in [0, 0.05) is 18.5 Å². The Balaban J connectivity index is 2.17. The van der Waals surface area contributed by atoms with E-state index in [2.05, 4.69) is 9.97 Å². The fraction of sp³-hybridized carbons (Fsp3) is 0. The van der Waals surface area contributed by atoms with Crippen LogP contribution in [0.15, 0.2) is 43.0 Å². The molecular weight excluding hydrogens is 238 g/mol. The predicted octanol–water partition coefficient (Wildman–Crippen LogP) is 1.60. The lowest BCUT2D eigenvalue weighted by atomic mass is 10.3. The van der Waals surface area contributed by atoms with Crippen molar-refractivity contribution in [1.29, 1.82) is 0 Å². The van der Waals surface area contributed by atoms with Crippen LogP contribution in [0.1, 0.15) is 10.4 Å². The first-order valence-corrected chi connectivity index (χ1v) is 4.88. The van der Waals surface area contributed by atoms with Crippen LogP contribution in [-0.2, 0) is 0 Å². The highest BCUT2D eigenvalue weighted by Crippen LogP contribution is 2.19. The first-order chi connectivity index (χ1) is 8.66. The fourth-order valence-electron chi connectivity index (χ4n) is 1.23. The Morgan fingerprint density at radius 2 is 2.00 bits per heavy atom. The molecule has 18 heavy (non-hydrogen) atoms. The number of hydrogen-bond donors (Lipinski definition) is 0. The first kappa shape index (κ1) is 11.6. The maximum atomic E-state index is 11.6. The van der Waals surface area contributed by atoms with Crippen LogP contribution in [0.4, 0.5) is 5.69 Å². The van der Waals surface area contributed by atoms with Gasteiger partial charge in [-0.15, -0.1) is 0 Å². The van der Waals surface area contributed by atoms with E-state index in [0.717, 1.165) is 0 Å². The maximum Gasteiger partial charge on any atom is 0.346 e. The number of carbonyl (C=O) groups is 1. The summed E-state index contributed by atoms with van der Waals surface area (Å²) in [4.78, 5) is 29.0. The number of nitrogens with zero attached hydrogens (tertiary/aromatic N) is 3. The molecule has 0 bridgehead atoms. The zero-order chi connectivity index (χ0) is 13.0. The first-order valence-electron chi connectivity index (χ1n) is 4.88. The van der Waals surface area contributed by atoms with Gasteiger partial charge in [-0.25, -0.2) is 14.8 Å². The third-order valence-corrected chi connectivity index (χ3v) is 2.04. The number of aromatic nitrogens is 2. The third-order valence-electron chi connectivity index (χ3n) is 2.04. The van der Waals surface area contributed by atoms with Crippen LogP contribution >= 0.6 is 0 Å². The summed E-state index contributed by atoms with van der Waals surface area (Å²) in [5.74, 6) is -0.575. The van der Waals surface area contributed by atoms with Crippen molar-refractivity contribution < 1.29 is 14.5 Å². The summed E-state index contributed by atoms with van der Waals surface area (Å²) in [6, 6.07) is 5.36. The minimum absolute atomic E-state index is 0.0954. The Bertz CT molecular complexity index is 586. The molecule has 0 atom stereocenters. The number of nitro groups is 1. The minimum atomic E-state index is -0.670. The van der Waals surface area contributed by atoms with Gasteiger partial charge < -0.3 is 4.74 Å². The van der Waals surface area contributed by atoms with Crippen molar-refractivity contribution in [3.63, 3.8) is 0 Å². The molecule has 0 fully saturated rings. The molecule has 90 valence electrons. The van der Waals surface area contributed by atoms with Crippen LogP contribution in [0, 0.1) is 10.1 Å². The van der Waals surface area contributed by atoms with E-state index >= 15 is 0 Å². The summed E-state index contributed by atoms with van der Waals surface area (Å²) >= 11 is 0. The Kier molecular flexibility index (Phi) is 3.24. The largest absolute Gasteiger partial charge is 0.423 e. The highest BCUT2D eigenvalue weighted by Gasteiger charge is 2.11. The monoisotopic (exact) mass is 245 g/mol. The average Bonchev–Trinajstić information content (AvgIpc) is 2.40. The number of non-ortho nitro benzene ring substituents is 1. The number of hydrogen-bond acceptors (Lipinski definition) is 6. The van der Waals surface area contributed by atoms with Gasteiger partial charge in [0.15, 0.2) is 0 Å². The lowest BCUT2D eigenvalue weighted by molar-refractivity contribution is -0.384. The van der Waals surface area contributed by atoms with Crippen molar-refractivity contribution in [3.8, 4) is 5.75 Å². The van der Waals surface area contributed by atoms with Gasteiger partial charge >= 0.3 is 5.97 Å². The van der Waals surface area contributed by atoms with Gasteiger partial charge in [-0.1, -0.05) is 6.07 Å². The molecule has 0 unspecified atom stereocenters. The molecule has 7 heteroatoms. The van der Waals surface area contributed by atoms with Crippen molar-refractivity contribution >= 4 is 11.7 Å². The molecular formula is C11H7N3O4. The molecule has 7 nitrogen and oxygen atoms in total. The van der Waals surface area contributed by atoms with Gasteiger partial charge in [0.25, 0.3) is 5.69 Å². The van der Waals surface area contributed by atoms with Crippen LogP contribution in [0.3, 0.4) is 0 Å². The zero-order valence-corrected chi connectivity index (χ0v) is 9.02. The predicted molar refractivity (Wildman–Crippen MR) is 60.1 cm³/mol. The third kappa shape index (κ3) is 2.64. The quantitative estimate of drug-likeness (QED) is 0.352. The molecule has 0 saturated heterocycles. The lowest BCUT2D eigenvalue weighted by Crippen LogP contribution is -2.09. The summed E-state index contributed by atoms with van der Waals surface area (Å²) in [6.45, 7) is 0. The Labute approximate surface area is 101 Å². The van der Waals surface area contributed by atoms with Crippen LogP contribution in [0.5, 0.6) is 5.75 Å². The second kappa shape index (κ2) is 5.00. The molecule has 0 saturated carbocycles. The number of carbonyl (C=O) groups excluding carboxylic acids is 1. The lowest BCUT2D eigenvalue weighted by Gasteiger charge is -2.02. The van der Waals surface area contributed by atoms with Crippen LogP contribution in [0.2, 0.25) is 0 Å². The van der Waals surface area contributed by atoms with Gasteiger partial charge in [-0.05, 0) is 6.07 Å². The number of benzene rings is 1. The SMILES string of the molecule is O=C(Oc1cccc([N+](=O)[O-])c1)c1cncnc1. The molecule has 1 aromatic carbocycles. The van der Waals surface area contributed by atoms with E-state index in [1.54, 1.807) is 0 Å². The van der Waals surface area contributed by atoms with E-state index in [0.29, 0.717) is 0 Å². The second-order valence-corrected chi connectivity index (χ2v) is 3.27. The molecule has 0 aliphatic heterocycles. The van der Waals surface area contributed by atoms with Gasteiger partial charge in [-0.2, -0.15) is 0 Å². The molecule has 0 radical (unpaired) electrons. The van der Waals surface area contributed by atoms with E-state index in [1.807, 2.05) is 0 Å². The van der Waals surface area contributed by atoms with Crippen molar-refractivity contribution in [3.05, 3.63) is 58.7 Å². The molecule has 0 aliphatic carbocycles. The molecule has 0 amide bonds. The smallest absolute Gasteiger partial charge is 0.346 e. The van der Waals surface area contributed by atoms with E-state index in [1.165, 1.54) is 43.0 Å². The highest BCUT2D eigenvalue weighted by molar-refractivity contribution is 5.90. The van der Waals surface area contributed by atoms with Crippen LogP contribution in [-0.4, -0.2) is 20.9 Å². The van der Waals surface area contributed by atoms with E-state index in [-0.39, 0.29) is 17.0 Å². The van der Waals surface area contributed by atoms with Gasteiger partial charge in [0.2, 0.25) is 0 Å². The van der Waals surface area contributed by atoms with Gasteiger partial charge in [0.1, 0.15) is 12.1 Å². The van der Waals surface area contributed by atoms with E-state index in [9.17, 15) is 14.9 Å². The number of rotatable bonds is 3. The molecule has 1 aromatic heterocycles. The molecule has 0 spiro atoms. The van der Waals surface area contributed by atoms with Crippen LogP contribution < -0.4 is 4.74 Å². The van der Waals surface area contributed by atoms with Crippen molar-refractivity contribution in [2.24, 2.45) is 0 Å². The summed E-state index contributed by atoms with van der Waals surface area (Å²) in [5.41, 5.74) is 0.0219. The maximum absolute atomic E-state index is 11.6. The van der Waals surface area contributed by atoms with Crippen molar-refractivity contribution in [1.82, 2.24) is 9.97 Å². The molecule has 0 aliphatic rings. The number of ether oxygens (including phenoxy) is 1. The Hall–Kier alpha value is -2.83. The van der Waals surface area contributed by atoms with Gasteiger partial charge in [-0.3, -0.25) is 10.1 Å². The topological polar surface area (TPSA) is 95.2 Å². The van der Waals surface area contributed by atoms with Gasteiger partial charge in [0.05, 0.1) is 16.6 Å². The molecule has 0 N–H and O–H groups in total. The summed E-state index contributed by atoms with van der Waals surface area (Å²) in [7, 11) is 0. The average molecular weight is 245 g/mol. The Morgan fingerprint density at radius 3 is 2.67 bits per heavy atom. The van der Waals surface area contributed by atoms with Crippen molar-refractivity contribution in [2.75, 3.05) is 0 Å². The standard InChI is InChI=1S/C11H7N3O4/c15-11(8-5-12-7-13-6-8)18-10-3-1-2-9(4-10)14(16)17/h1-7H. The van der Waals surface area contributed by atoms with E-state index in [4.69, 9.17) is 4.74 Å². The van der Waals surface area contributed by atoms with Crippen molar-refractivity contribution in [2.45, 2.75) is 0 Å². The highest BCUT2D eigenvalue weighted by atomic mass is 16.6. The van der Waals surface area contributed by atoms with Crippen LogP contribution in [0.25, 0.3) is 0 Å². The normalized spacial score (nSPS) is 9.78. The molecule has 1 heterocycles. The fourth-order valence-corrected chi connectivity index (χ4v) is 1.23. The molecule has 2 rings (SSSR count).